The van der Waals surface area contributed by atoms with Gasteiger partial charge >= 0.3 is 0 Å². The number of anilines is 1. The lowest BCUT2D eigenvalue weighted by molar-refractivity contribution is -0.123. The van der Waals surface area contributed by atoms with E-state index in [0.29, 0.717) is 17.8 Å². The van der Waals surface area contributed by atoms with E-state index in [2.05, 4.69) is 15.4 Å². The molecule has 10 nitrogen and oxygen atoms in total. The molecule has 0 radical (unpaired) electrons. The number of ether oxygens (including phenoxy) is 1. The van der Waals surface area contributed by atoms with E-state index < -0.39 is 5.91 Å². The number of likely N-dealkylation sites (tertiary alicyclic amines) is 1. The van der Waals surface area contributed by atoms with E-state index >= 15 is 0 Å². The molecule has 0 bridgehead atoms. The highest BCUT2D eigenvalue weighted by atomic mass is 16.5. The molecule has 1 aliphatic rings. The van der Waals surface area contributed by atoms with Gasteiger partial charge in [0.25, 0.3) is 6.47 Å². The Morgan fingerprint density at radius 1 is 1.37 bits per heavy atom. The van der Waals surface area contributed by atoms with Gasteiger partial charge < -0.3 is 25.4 Å². The number of methoxy groups -OCH3 is 1. The number of hydrogen-bond acceptors (Lipinski definition) is 7. The molecular formula is C20H26N4O6. The molecular weight excluding hydrogens is 392 g/mol. The van der Waals surface area contributed by atoms with E-state index in [4.69, 9.17) is 24.9 Å². The SMILES string of the molecule is CO[C@H]1CN(CC(=O)Nc2ccc(C(N)=O)cc2)C[C@H]1Cc1cc(C)no1.O=CO. The fourth-order valence-electron chi connectivity index (χ4n) is 3.41. The van der Waals surface area contributed by atoms with Crippen molar-refractivity contribution in [1.29, 1.82) is 0 Å². The Kier molecular flexibility index (Phi) is 8.51. The van der Waals surface area contributed by atoms with Gasteiger partial charge in [0.15, 0.2) is 0 Å². The highest BCUT2D eigenvalue weighted by Crippen LogP contribution is 2.24. The second-order valence-corrected chi connectivity index (χ2v) is 6.96. The Bertz CT molecular complexity index is 851. The molecule has 0 spiro atoms. The van der Waals surface area contributed by atoms with Gasteiger partial charge in [0, 0.05) is 49.9 Å². The minimum Gasteiger partial charge on any atom is -0.483 e. The van der Waals surface area contributed by atoms with Crippen LogP contribution >= 0.6 is 0 Å². The summed E-state index contributed by atoms with van der Waals surface area (Å²) in [6.45, 7) is 3.33. The summed E-state index contributed by atoms with van der Waals surface area (Å²) in [7, 11) is 1.69. The summed E-state index contributed by atoms with van der Waals surface area (Å²) >= 11 is 0. The second-order valence-electron chi connectivity index (χ2n) is 6.96. The summed E-state index contributed by atoms with van der Waals surface area (Å²) in [4.78, 5) is 33.9. The number of nitrogens with zero attached hydrogens (tertiary/aromatic N) is 2. The Morgan fingerprint density at radius 3 is 2.57 bits per heavy atom. The van der Waals surface area contributed by atoms with Gasteiger partial charge in [-0.3, -0.25) is 19.3 Å². The second kappa shape index (κ2) is 11.1. The Hall–Kier alpha value is -3.24. The summed E-state index contributed by atoms with van der Waals surface area (Å²) in [5.74, 6) is 0.460. The summed E-state index contributed by atoms with van der Waals surface area (Å²) in [5.41, 5.74) is 7.10. The quantitative estimate of drug-likeness (QED) is 0.562. The smallest absolute Gasteiger partial charge is 0.290 e. The molecule has 1 saturated heterocycles. The zero-order valence-corrected chi connectivity index (χ0v) is 16.9. The Morgan fingerprint density at radius 2 is 2.03 bits per heavy atom. The third-order valence-electron chi connectivity index (χ3n) is 4.72. The largest absolute Gasteiger partial charge is 0.483 e. The van der Waals surface area contributed by atoms with Crippen LogP contribution in [0.2, 0.25) is 0 Å². The highest BCUT2D eigenvalue weighted by Gasteiger charge is 2.34. The molecule has 2 aromatic rings. The first kappa shape index (κ1) is 23.0. The van der Waals surface area contributed by atoms with Crippen molar-refractivity contribution in [3.05, 3.63) is 47.3 Å². The van der Waals surface area contributed by atoms with E-state index in [1.165, 1.54) is 0 Å². The molecule has 1 aliphatic heterocycles. The number of carbonyl (C=O) groups excluding carboxylic acids is 2. The van der Waals surface area contributed by atoms with Crippen molar-refractivity contribution >= 4 is 24.0 Å². The maximum atomic E-state index is 12.3. The minimum absolute atomic E-state index is 0.0399. The molecule has 2 heterocycles. The maximum absolute atomic E-state index is 12.3. The van der Waals surface area contributed by atoms with E-state index in [1.54, 1.807) is 31.4 Å². The lowest BCUT2D eigenvalue weighted by Gasteiger charge is -2.15. The molecule has 10 heteroatoms. The lowest BCUT2D eigenvalue weighted by Crippen LogP contribution is -2.32. The first-order valence-corrected chi connectivity index (χ1v) is 9.31. The zero-order valence-electron chi connectivity index (χ0n) is 16.9. The number of nitrogens with two attached hydrogens (primary N) is 1. The predicted octanol–water partition coefficient (Wildman–Crippen LogP) is 0.911. The summed E-state index contributed by atoms with van der Waals surface area (Å²) < 4.78 is 10.9. The summed E-state index contributed by atoms with van der Waals surface area (Å²) in [6.07, 6.45) is 0.768. The van der Waals surface area contributed by atoms with Gasteiger partial charge in [-0.25, -0.2) is 0 Å². The predicted molar refractivity (Wildman–Crippen MR) is 108 cm³/mol. The molecule has 1 aromatic carbocycles. The number of aryl methyl sites for hydroxylation is 1. The molecule has 3 rings (SSSR count). The standard InChI is InChI=1S/C19H24N4O4.CH2O2/c1-12-7-16(27-22-12)8-14-9-23(10-17(14)26-2)11-18(24)21-15-5-3-13(4-6-15)19(20)25;2-1-3/h3-7,14,17H,8-11H2,1-2H3,(H2,20,25)(H,21,24);1H,(H,2,3)/t14-,17+;/m1./s1. The van der Waals surface area contributed by atoms with Gasteiger partial charge in [-0.2, -0.15) is 0 Å². The maximum Gasteiger partial charge on any atom is 0.290 e. The van der Waals surface area contributed by atoms with Crippen molar-refractivity contribution in [3.63, 3.8) is 0 Å². The van der Waals surface area contributed by atoms with Crippen LogP contribution in [0.25, 0.3) is 0 Å². The van der Waals surface area contributed by atoms with Gasteiger partial charge in [0.05, 0.1) is 18.3 Å². The fourth-order valence-corrected chi connectivity index (χ4v) is 3.41. The molecule has 0 unspecified atom stereocenters. The van der Waals surface area contributed by atoms with Crippen molar-refractivity contribution in [2.24, 2.45) is 11.7 Å². The van der Waals surface area contributed by atoms with E-state index in [9.17, 15) is 9.59 Å². The highest BCUT2D eigenvalue weighted by molar-refractivity contribution is 5.95. The number of rotatable bonds is 7. The summed E-state index contributed by atoms with van der Waals surface area (Å²) in [6, 6.07) is 8.43. The molecule has 30 heavy (non-hydrogen) atoms. The van der Waals surface area contributed by atoms with E-state index in [0.717, 1.165) is 24.4 Å². The van der Waals surface area contributed by atoms with Crippen LogP contribution < -0.4 is 11.1 Å². The van der Waals surface area contributed by atoms with Crippen molar-refractivity contribution in [1.82, 2.24) is 10.1 Å². The van der Waals surface area contributed by atoms with Crippen LogP contribution in [0.4, 0.5) is 5.69 Å². The molecule has 4 N–H and O–H groups in total. The average molecular weight is 418 g/mol. The number of primary amides is 1. The number of carboxylic acid groups (broad SMARTS) is 1. The van der Waals surface area contributed by atoms with E-state index in [-0.39, 0.29) is 30.9 Å². The van der Waals surface area contributed by atoms with Crippen molar-refractivity contribution < 1.29 is 28.8 Å². The molecule has 2 amide bonds. The van der Waals surface area contributed by atoms with Gasteiger partial charge in [-0.15, -0.1) is 0 Å². The topological polar surface area (TPSA) is 148 Å². The fraction of sp³-hybridized carbons (Fsp3) is 0.400. The van der Waals surface area contributed by atoms with Crippen molar-refractivity contribution in [3.8, 4) is 0 Å². The summed E-state index contributed by atoms with van der Waals surface area (Å²) in [5, 5.41) is 13.6. The first-order valence-electron chi connectivity index (χ1n) is 9.31. The molecule has 2 atom stereocenters. The van der Waals surface area contributed by atoms with Crippen molar-refractivity contribution in [2.75, 3.05) is 32.1 Å². The molecule has 1 aromatic heterocycles. The zero-order chi connectivity index (χ0) is 22.1. The van der Waals surface area contributed by atoms with Gasteiger partial charge in [0.2, 0.25) is 11.8 Å². The minimum atomic E-state index is -0.497. The van der Waals surface area contributed by atoms with Crippen LogP contribution in [-0.4, -0.2) is 66.3 Å². The molecule has 162 valence electrons. The van der Waals surface area contributed by atoms with Gasteiger partial charge in [-0.1, -0.05) is 5.16 Å². The number of carbonyl (C=O) groups is 3. The normalized spacial score (nSPS) is 18.3. The van der Waals surface area contributed by atoms with Crippen LogP contribution in [0.15, 0.2) is 34.9 Å². The molecule has 0 saturated carbocycles. The van der Waals surface area contributed by atoms with Crippen LogP contribution in [0.1, 0.15) is 21.8 Å². The van der Waals surface area contributed by atoms with E-state index in [1.807, 2.05) is 13.0 Å². The number of benzene rings is 1. The van der Waals surface area contributed by atoms with Crippen molar-refractivity contribution in [2.45, 2.75) is 19.4 Å². The molecule has 1 fully saturated rings. The number of amides is 2. The van der Waals surface area contributed by atoms with Gasteiger partial charge in [-0.05, 0) is 31.2 Å². The van der Waals surface area contributed by atoms with Crippen LogP contribution in [0, 0.1) is 12.8 Å². The van der Waals surface area contributed by atoms with Crippen LogP contribution in [0.5, 0.6) is 0 Å². The first-order chi connectivity index (χ1) is 14.4. The number of aromatic nitrogens is 1. The third kappa shape index (κ3) is 6.68. The number of nitrogens with one attached hydrogen (secondary N) is 1. The Labute approximate surface area is 174 Å². The third-order valence-corrected chi connectivity index (χ3v) is 4.72. The number of hydrogen-bond donors (Lipinski definition) is 3. The monoisotopic (exact) mass is 418 g/mol. The Balaban J connectivity index is 0.00000101. The molecule has 0 aliphatic carbocycles. The average Bonchev–Trinajstić information content (AvgIpc) is 3.28. The lowest BCUT2D eigenvalue weighted by atomic mass is 10.0. The van der Waals surface area contributed by atoms with Crippen LogP contribution in [-0.2, 0) is 20.7 Å². The van der Waals surface area contributed by atoms with Gasteiger partial charge in [0.1, 0.15) is 5.76 Å². The van der Waals surface area contributed by atoms with Crippen LogP contribution in [0.3, 0.4) is 0 Å².